The second-order valence-corrected chi connectivity index (χ2v) is 6.92. The first-order chi connectivity index (χ1) is 13.8. The minimum atomic E-state index is -0.307. The molecule has 4 rings (SSSR count). The Bertz CT molecular complexity index is 881. The average molecular weight is 378 g/mol. The fraction of sp³-hybridized carbons (Fsp3) is 0.261. The van der Waals surface area contributed by atoms with E-state index in [0.717, 1.165) is 31.5 Å². The van der Waals surface area contributed by atoms with Crippen LogP contribution in [0.2, 0.25) is 0 Å². The molecule has 1 saturated heterocycles. The lowest BCUT2D eigenvalue weighted by Crippen LogP contribution is -2.35. The molecule has 5 heteroatoms. The lowest BCUT2D eigenvalue weighted by Gasteiger charge is -2.31. The smallest absolute Gasteiger partial charge is 0.262 e. The molecule has 1 aliphatic heterocycles. The van der Waals surface area contributed by atoms with Gasteiger partial charge in [0.15, 0.2) is 5.75 Å². The van der Waals surface area contributed by atoms with Crippen LogP contribution in [0.3, 0.4) is 0 Å². The number of nitrogens with zero attached hydrogens (tertiary/aromatic N) is 1. The highest BCUT2D eigenvalue weighted by molar-refractivity contribution is 5.38. The van der Waals surface area contributed by atoms with E-state index in [-0.39, 0.29) is 11.9 Å². The minimum absolute atomic E-state index is 0.103. The summed E-state index contributed by atoms with van der Waals surface area (Å²) < 4.78 is 25.5. The molecule has 1 N–H and O–H groups in total. The normalized spacial score (nSPS) is 17.7. The summed E-state index contributed by atoms with van der Waals surface area (Å²) in [7, 11) is 0. The number of pyridine rings is 1. The molecule has 2 heterocycles. The van der Waals surface area contributed by atoms with E-state index < -0.39 is 0 Å². The number of halogens is 1. The highest BCUT2D eigenvalue weighted by atomic mass is 19.1. The van der Waals surface area contributed by atoms with Gasteiger partial charge in [0, 0.05) is 18.7 Å². The van der Waals surface area contributed by atoms with Crippen LogP contribution in [0.4, 0.5) is 4.39 Å². The zero-order valence-corrected chi connectivity index (χ0v) is 15.6. The molecule has 144 valence electrons. The van der Waals surface area contributed by atoms with E-state index in [1.807, 2.05) is 30.3 Å². The van der Waals surface area contributed by atoms with E-state index in [4.69, 9.17) is 9.47 Å². The SMILES string of the molecule is Fc1ccc(Oc2ncccc2O[C@@H](c2ccccc2)[C@H]2CCCNC2)cc1. The Morgan fingerprint density at radius 1 is 1.00 bits per heavy atom. The molecule has 2 aromatic carbocycles. The van der Waals surface area contributed by atoms with Gasteiger partial charge in [-0.1, -0.05) is 30.3 Å². The molecule has 0 unspecified atom stereocenters. The Morgan fingerprint density at radius 3 is 2.57 bits per heavy atom. The van der Waals surface area contributed by atoms with Gasteiger partial charge < -0.3 is 14.8 Å². The van der Waals surface area contributed by atoms with Crippen LogP contribution in [0.5, 0.6) is 17.4 Å². The van der Waals surface area contributed by atoms with Gasteiger partial charge in [0.25, 0.3) is 5.88 Å². The first-order valence-corrected chi connectivity index (χ1v) is 9.60. The van der Waals surface area contributed by atoms with Gasteiger partial charge in [0.2, 0.25) is 0 Å². The Labute approximate surface area is 164 Å². The van der Waals surface area contributed by atoms with Crippen molar-refractivity contribution in [3.8, 4) is 17.4 Å². The maximum atomic E-state index is 13.2. The molecule has 1 fully saturated rings. The van der Waals surface area contributed by atoms with E-state index >= 15 is 0 Å². The summed E-state index contributed by atoms with van der Waals surface area (Å²) in [5.74, 6) is 1.51. The second-order valence-electron chi connectivity index (χ2n) is 6.92. The predicted octanol–water partition coefficient (Wildman–Crippen LogP) is 5.13. The number of hydrogen-bond donors (Lipinski definition) is 1. The van der Waals surface area contributed by atoms with Crippen LogP contribution in [0.15, 0.2) is 72.9 Å². The van der Waals surface area contributed by atoms with Gasteiger partial charge in [0.1, 0.15) is 17.7 Å². The lowest BCUT2D eigenvalue weighted by molar-refractivity contribution is 0.112. The molecule has 0 bridgehead atoms. The summed E-state index contributed by atoms with van der Waals surface area (Å²) in [4.78, 5) is 4.33. The van der Waals surface area contributed by atoms with E-state index in [2.05, 4.69) is 22.4 Å². The third-order valence-corrected chi connectivity index (χ3v) is 4.91. The molecule has 4 nitrogen and oxygen atoms in total. The molecular weight excluding hydrogens is 355 g/mol. The third kappa shape index (κ3) is 4.49. The molecule has 2 atom stereocenters. The Balaban J connectivity index is 1.60. The van der Waals surface area contributed by atoms with Crippen LogP contribution in [0, 0.1) is 11.7 Å². The fourth-order valence-electron chi connectivity index (χ4n) is 3.51. The van der Waals surface area contributed by atoms with Crippen LogP contribution in [0.25, 0.3) is 0 Å². The van der Waals surface area contributed by atoms with Gasteiger partial charge in [-0.2, -0.15) is 0 Å². The third-order valence-electron chi connectivity index (χ3n) is 4.91. The summed E-state index contributed by atoms with van der Waals surface area (Å²) >= 11 is 0. The van der Waals surface area contributed by atoms with Crippen LogP contribution < -0.4 is 14.8 Å². The van der Waals surface area contributed by atoms with Crippen LogP contribution in [0.1, 0.15) is 24.5 Å². The predicted molar refractivity (Wildman–Crippen MR) is 106 cm³/mol. The van der Waals surface area contributed by atoms with Gasteiger partial charge in [-0.15, -0.1) is 0 Å². The van der Waals surface area contributed by atoms with Gasteiger partial charge in [-0.3, -0.25) is 0 Å². The molecule has 1 aromatic heterocycles. The van der Waals surface area contributed by atoms with E-state index in [0.29, 0.717) is 23.3 Å². The molecule has 3 aromatic rings. The van der Waals surface area contributed by atoms with Crippen molar-refractivity contribution < 1.29 is 13.9 Å². The largest absolute Gasteiger partial charge is 0.480 e. The molecule has 28 heavy (non-hydrogen) atoms. The summed E-state index contributed by atoms with van der Waals surface area (Å²) in [5.41, 5.74) is 1.13. The van der Waals surface area contributed by atoms with Crippen molar-refractivity contribution in [1.29, 1.82) is 0 Å². The van der Waals surface area contributed by atoms with Crippen LogP contribution in [-0.2, 0) is 0 Å². The number of rotatable bonds is 6. The van der Waals surface area contributed by atoms with Crippen molar-refractivity contribution in [1.82, 2.24) is 10.3 Å². The highest BCUT2D eigenvalue weighted by Gasteiger charge is 2.28. The van der Waals surface area contributed by atoms with E-state index in [1.165, 1.54) is 12.1 Å². The van der Waals surface area contributed by atoms with Gasteiger partial charge in [-0.25, -0.2) is 9.37 Å². The van der Waals surface area contributed by atoms with Crippen molar-refractivity contribution in [2.75, 3.05) is 13.1 Å². The summed E-state index contributed by atoms with van der Waals surface area (Å²) in [5, 5.41) is 3.47. The first-order valence-electron chi connectivity index (χ1n) is 9.60. The molecule has 0 saturated carbocycles. The molecule has 0 aliphatic carbocycles. The maximum absolute atomic E-state index is 13.2. The quantitative estimate of drug-likeness (QED) is 0.646. The second kappa shape index (κ2) is 8.85. The zero-order valence-electron chi connectivity index (χ0n) is 15.6. The van der Waals surface area contributed by atoms with Crippen molar-refractivity contribution in [3.63, 3.8) is 0 Å². The van der Waals surface area contributed by atoms with E-state index in [1.54, 1.807) is 18.3 Å². The van der Waals surface area contributed by atoms with Crippen molar-refractivity contribution in [2.45, 2.75) is 18.9 Å². The number of ether oxygens (including phenoxy) is 2. The topological polar surface area (TPSA) is 43.4 Å². The summed E-state index contributed by atoms with van der Waals surface area (Å²) in [6.45, 7) is 1.96. The van der Waals surface area contributed by atoms with Gasteiger partial charge in [0.05, 0.1) is 0 Å². The maximum Gasteiger partial charge on any atom is 0.262 e. The summed E-state index contributed by atoms with van der Waals surface area (Å²) in [6.07, 6.45) is 3.78. The van der Waals surface area contributed by atoms with Crippen molar-refractivity contribution in [3.05, 3.63) is 84.3 Å². The Morgan fingerprint density at radius 2 is 1.82 bits per heavy atom. The standard InChI is InChI=1S/C23H23FN2O2/c24-19-10-12-20(13-11-19)27-23-21(9-5-15-26-23)28-22(17-6-2-1-3-7-17)18-8-4-14-25-16-18/h1-3,5-7,9-13,15,18,22,25H,4,8,14,16H2/t18-,22-/m0/s1. The molecule has 1 aliphatic rings. The van der Waals surface area contributed by atoms with Crippen molar-refractivity contribution >= 4 is 0 Å². The number of benzene rings is 2. The van der Waals surface area contributed by atoms with E-state index in [9.17, 15) is 4.39 Å². The number of aromatic nitrogens is 1. The minimum Gasteiger partial charge on any atom is -0.480 e. The Kier molecular flexibility index (Phi) is 5.83. The average Bonchev–Trinajstić information content (AvgIpc) is 2.76. The summed E-state index contributed by atoms with van der Waals surface area (Å²) in [6, 6.07) is 19.8. The van der Waals surface area contributed by atoms with Gasteiger partial charge in [-0.05, 0) is 61.3 Å². The molecule has 0 radical (unpaired) electrons. The number of hydrogen-bond acceptors (Lipinski definition) is 4. The molecule has 0 spiro atoms. The Hall–Kier alpha value is -2.92. The van der Waals surface area contributed by atoms with Gasteiger partial charge >= 0.3 is 0 Å². The first kappa shape index (κ1) is 18.4. The van der Waals surface area contributed by atoms with Crippen LogP contribution in [-0.4, -0.2) is 18.1 Å². The number of nitrogens with one attached hydrogen (secondary N) is 1. The molecular formula is C23H23FN2O2. The zero-order chi connectivity index (χ0) is 19.2. The highest BCUT2D eigenvalue weighted by Crippen LogP contribution is 2.37. The monoisotopic (exact) mass is 378 g/mol. The lowest BCUT2D eigenvalue weighted by atomic mass is 9.89. The molecule has 0 amide bonds. The van der Waals surface area contributed by atoms with Crippen molar-refractivity contribution in [2.24, 2.45) is 5.92 Å². The van der Waals surface area contributed by atoms with Crippen LogP contribution >= 0.6 is 0 Å². The fourth-order valence-corrected chi connectivity index (χ4v) is 3.51. The number of piperidine rings is 1.